The molecule has 15 heavy (non-hydrogen) atoms. The monoisotopic (exact) mass is 226 g/mol. The van der Waals surface area contributed by atoms with Gasteiger partial charge in [-0.2, -0.15) is 0 Å². The van der Waals surface area contributed by atoms with E-state index in [4.69, 9.17) is 16.3 Å². The minimum absolute atomic E-state index is 0.0109. The largest absolute Gasteiger partial charge is 0.493 e. The van der Waals surface area contributed by atoms with Gasteiger partial charge in [0.25, 0.3) is 0 Å². The van der Waals surface area contributed by atoms with Crippen molar-refractivity contribution >= 4 is 17.4 Å². The summed E-state index contributed by atoms with van der Waals surface area (Å²) in [6.07, 6.45) is 0. The second-order valence-electron chi connectivity index (χ2n) is 3.45. The van der Waals surface area contributed by atoms with Crippen LogP contribution in [0, 0.1) is 13.8 Å². The summed E-state index contributed by atoms with van der Waals surface area (Å²) >= 11 is 5.56. The SMILES string of the molecule is CCOc1c(C)cc(C)cc1C(=O)CCl. The third-order valence-electron chi connectivity index (χ3n) is 2.13. The van der Waals surface area contributed by atoms with Gasteiger partial charge in [-0.25, -0.2) is 0 Å². The maximum atomic E-state index is 11.6. The second kappa shape index (κ2) is 5.17. The van der Waals surface area contributed by atoms with Gasteiger partial charge >= 0.3 is 0 Å². The highest BCUT2D eigenvalue weighted by molar-refractivity contribution is 6.30. The Morgan fingerprint density at radius 3 is 2.60 bits per heavy atom. The van der Waals surface area contributed by atoms with Crippen LogP contribution in [0.1, 0.15) is 28.4 Å². The molecule has 0 fully saturated rings. The summed E-state index contributed by atoms with van der Waals surface area (Å²) < 4.78 is 5.47. The molecule has 0 aromatic heterocycles. The third-order valence-corrected chi connectivity index (χ3v) is 2.37. The van der Waals surface area contributed by atoms with Crippen molar-refractivity contribution in [2.45, 2.75) is 20.8 Å². The Kier molecular flexibility index (Phi) is 4.15. The van der Waals surface area contributed by atoms with E-state index in [0.29, 0.717) is 17.9 Å². The molecular formula is C12H15ClO2. The van der Waals surface area contributed by atoms with E-state index in [1.807, 2.05) is 32.9 Å². The Morgan fingerprint density at radius 1 is 1.40 bits per heavy atom. The van der Waals surface area contributed by atoms with Crippen LogP contribution in [0.3, 0.4) is 0 Å². The van der Waals surface area contributed by atoms with E-state index in [9.17, 15) is 4.79 Å². The number of hydrogen-bond donors (Lipinski definition) is 0. The molecule has 0 saturated heterocycles. The molecule has 3 heteroatoms. The Morgan fingerprint density at radius 2 is 2.07 bits per heavy atom. The van der Waals surface area contributed by atoms with Gasteiger partial charge in [-0.3, -0.25) is 4.79 Å². The third kappa shape index (κ3) is 2.72. The molecule has 0 amide bonds. The van der Waals surface area contributed by atoms with E-state index >= 15 is 0 Å². The lowest BCUT2D eigenvalue weighted by Crippen LogP contribution is -2.07. The zero-order chi connectivity index (χ0) is 11.4. The van der Waals surface area contributed by atoms with Crippen LogP contribution in [0.15, 0.2) is 12.1 Å². The number of Topliss-reactive ketones (excluding diaryl/α,β-unsaturated/α-hetero) is 1. The minimum atomic E-state index is -0.0908. The number of ether oxygens (including phenoxy) is 1. The summed E-state index contributed by atoms with van der Waals surface area (Å²) in [4.78, 5) is 11.6. The summed E-state index contributed by atoms with van der Waals surface area (Å²) in [7, 11) is 0. The van der Waals surface area contributed by atoms with Crippen LogP contribution in [0.4, 0.5) is 0 Å². The number of benzene rings is 1. The first-order valence-corrected chi connectivity index (χ1v) is 5.46. The molecule has 0 aliphatic rings. The summed E-state index contributed by atoms with van der Waals surface area (Å²) in [5.41, 5.74) is 2.61. The minimum Gasteiger partial charge on any atom is -0.493 e. The summed E-state index contributed by atoms with van der Waals surface area (Å²) in [6, 6.07) is 3.82. The van der Waals surface area contributed by atoms with Gasteiger partial charge in [-0.05, 0) is 38.0 Å². The van der Waals surface area contributed by atoms with Gasteiger partial charge in [0, 0.05) is 0 Å². The van der Waals surface area contributed by atoms with Crippen LogP contribution in [-0.4, -0.2) is 18.3 Å². The number of carbonyl (C=O) groups excluding carboxylic acids is 1. The van der Waals surface area contributed by atoms with Crippen LogP contribution in [0.25, 0.3) is 0 Å². The Hall–Kier alpha value is -1.02. The van der Waals surface area contributed by atoms with Crippen LogP contribution >= 0.6 is 11.6 Å². The first-order chi connectivity index (χ1) is 7.10. The predicted molar refractivity (Wildman–Crippen MR) is 62.1 cm³/mol. The number of hydrogen-bond acceptors (Lipinski definition) is 2. The van der Waals surface area contributed by atoms with Crippen molar-refractivity contribution in [2.24, 2.45) is 0 Å². The highest BCUT2D eigenvalue weighted by Gasteiger charge is 2.14. The lowest BCUT2D eigenvalue weighted by molar-refractivity contribution is 0.101. The van der Waals surface area contributed by atoms with Crippen LogP contribution in [0.5, 0.6) is 5.75 Å². The maximum Gasteiger partial charge on any atom is 0.181 e. The number of aryl methyl sites for hydroxylation is 2. The molecule has 0 aliphatic carbocycles. The van der Waals surface area contributed by atoms with Crippen molar-refractivity contribution in [2.75, 3.05) is 12.5 Å². The predicted octanol–water partition coefficient (Wildman–Crippen LogP) is 3.12. The fourth-order valence-electron chi connectivity index (χ4n) is 1.57. The molecule has 1 aromatic rings. The topological polar surface area (TPSA) is 26.3 Å². The number of rotatable bonds is 4. The molecule has 0 spiro atoms. The fourth-order valence-corrected chi connectivity index (χ4v) is 1.71. The van der Waals surface area contributed by atoms with Crippen molar-refractivity contribution in [1.82, 2.24) is 0 Å². The normalized spacial score (nSPS) is 10.1. The van der Waals surface area contributed by atoms with Crippen molar-refractivity contribution in [3.63, 3.8) is 0 Å². The van der Waals surface area contributed by atoms with E-state index < -0.39 is 0 Å². The number of carbonyl (C=O) groups is 1. The molecule has 2 nitrogen and oxygen atoms in total. The smallest absolute Gasteiger partial charge is 0.181 e. The van der Waals surface area contributed by atoms with Gasteiger partial charge in [0.2, 0.25) is 0 Å². The quantitative estimate of drug-likeness (QED) is 0.583. The molecule has 0 saturated carbocycles. The van der Waals surface area contributed by atoms with Gasteiger partial charge in [-0.15, -0.1) is 11.6 Å². The molecule has 0 atom stereocenters. The molecule has 0 unspecified atom stereocenters. The highest BCUT2D eigenvalue weighted by atomic mass is 35.5. The van der Waals surface area contributed by atoms with Crippen molar-refractivity contribution in [3.8, 4) is 5.75 Å². The summed E-state index contributed by atoms with van der Waals surface area (Å²) in [5, 5.41) is 0. The molecule has 0 heterocycles. The highest BCUT2D eigenvalue weighted by Crippen LogP contribution is 2.26. The molecule has 0 bridgehead atoms. The van der Waals surface area contributed by atoms with Crippen molar-refractivity contribution in [1.29, 1.82) is 0 Å². The maximum absolute atomic E-state index is 11.6. The number of alkyl halides is 1. The van der Waals surface area contributed by atoms with Crippen LogP contribution in [-0.2, 0) is 0 Å². The van der Waals surface area contributed by atoms with Gasteiger partial charge in [-0.1, -0.05) is 6.07 Å². The average Bonchev–Trinajstić information content (AvgIpc) is 2.20. The number of halogens is 1. The summed E-state index contributed by atoms with van der Waals surface area (Å²) in [6.45, 7) is 6.33. The second-order valence-corrected chi connectivity index (χ2v) is 3.72. The van der Waals surface area contributed by atoms with E-state index in [0.717, 1.165) is 11.1 Å². The molecule has 0 N–H and O–H groups in total. The fraction of sp³-hybridized carbons (Fsp3) is 0.417. The van der Waals surface area contributed by atoms with Gasteiger partial charge in [0.15, 0.2) is 5.78 Å². The number of ketones is 1. The molecule has 0 radical (unpaired) electrons. The van der Waals surface area contributed by atoms with Crippen molar-refractivity contribution < 1.29 is 9.53 Å². The van der Waals surface area contributed by atoms with Gasteiger partial charge in [0.1, 0.15) is 5.75 Å². The zero-order valence-electron chi connectivity index (χ0n) is 9.26. The van der Waals surface area contributed by atoms with E-state index in [1.165, 1.54) is 0 Å². The van der Waals surface area contributed by atoms with Crippen molar-refractivity contribution in [3.05, 3.63) is 28.8 Å². The van der Waals surface area contributed by atoms with E-state index in [1.54, 1.807) is 0 Å². The van der Waals surface area contributed by atoms with Crippen LogP contribution < -0.4 is 4.74 Å². The molecule has 82 valence electrons. The molecular weight excluding hydrogens is 212 g/mol. The Bertz CT molecular complexity index is 372. The first-order valence-electron chi connectivity index (χ1n) is 4.93. The molecule has 1 rings (SSSR count). The Labute approximate surface area is 95.2 Å². The van der Waals surface area contributed by atoms with E-state index in [-0.39, 0.29) is 11.7 Å². The summed E-state index contributed by atoms with van der Waals surface area (Å²) in [5.74, 6) is 0.559. The lowest BCUT2D eigenvalue weighted by Gasteiger charge is -2.12. The van der Waals surface area contributed by atoms with Gasteiger partial charge < -0.3 is 4.74 Å². The lowest BCUT2D eigenvalue weighted by atomic mass is 10.0. The van der Waals surface area contributed by atoms with Crippen LogP contribution in [0.2, 0.25) is 0 Å². The van der Waals surface area contributed by atoms with Gasteiger partial charge in [0.05, 0.1) is 18.1 Å². The Balaban J connectivity index is 3.26. The van der Waals surface area contributed by atoms with E-state index in [2.05, 4.69) is 0 Å². The first kappa shape index (κ1) is 12.1. The zero-order valence-corrected chi connectivity index (χ0v) is 10.0. The molecule has 0 aliphatic heterocycles. The molecule has 1 aromatic carbocycles. The average molecular weight is 227 g/mol. The standard InChI is InChI=1S/C12H15ClO2/c1-4-15-12-9(3)5-8(2)6-10(12)11(14)7-13/h5-6H,4,7H2,1-3H3.